The van der Waals surface area contributed by atoms with Crippen LogP contribution in [0.15, 0.2) is 71.6 Å². The molecule has 1 fully saturated rings. The molecule has 1 saturated heterocycles. The summed E-state index contributed by atoms with van der Waals surface area (Å²) in [6.07, 6.45) is 0.458. The van der Waals surface area contributed by atoms with E-state index in [1.807, 2.05) is 0 Å². The molecule has 13 heteroatoms. The highest BCUT2D eigenvalue weighted by Crippen LogP contribution is 2.28. The number of carbonyl (C=O) groups is 4. The van der Waals surface area contributed by atoms with Gasteiger partial charge in [-0.1, -0.05) is 12.1 Å². The molecule has 0 spiro atoms. The quantitative estimate of drug-likeness (QED) is 0.179. The number of imide groups is 1. The van der Waals surface area contributed by atoms with Crippen molar-refractivity contribution in [3.63, 3.8) is 0 Å². The second-order valence-electron chi connectivity index (χ2n) is 9.33. The largest absolute Gasteiger partial charge is 0.493 e. The number of nitrogens with zero attached hydrogens (tertiary/aromatic N) is 1. The van der Waals surface area contributed by atoms with E-state index in [4.69, 9.17) is 19.3 Å². The molecule has 1 unspecified atom stereocenters. The number of benzene rings is 3. The summed E-state index contributed by atoms with van der Waals surface area (Å²) in [5.74, 6) is -1.19. The van der Waals surface area contributed by atoms with Crippen molar-refractivity contribution in [2.75, 3.05) is 32.3 Å². The van der Waals surface area contributed by atoms with Crippen molar-refractivity contribution < 1.29 is 41.8 Å². The van der Waals surface area contributed by atoms with E-state index in [2.05, 4.69) is 5.32 Å². The van der Waals surface area contributed by atoms with E-state index in [-0.39, 0.29) is 22.4 Å². The number of amides is 2. The average molecular weight is 596 g/mol. The highest BCUT2D eigenvalue weighted by Gasteiger charge is 2.39. The van der Waals surface area contributed by atoms with Gasteiger partial charge in [0, 0.05) is 5.56 Å². The molecule has 1 heterocycles. The van der Waals surface area contributed by atoms with Gasteiger partial charge in [0.15, 0.2) is 23.9 Å². The Kier molecular flexibility index (Phi) is 9.35. The lowest BCUT2D eigenvalue weighted by Crippen LogP contribution is -2.39. The minimum Gasteiger partial charge on any atom is -0.493 e. The standard InChI is InChI=1S/C29H29N3O9S/c1-39-25-12-7-20(15-26(25)40-2)24(33)17-41-29(36)19-5-8-21(9-6-19)32-27(34)16-23(28(32)35)31-14-13-18-3-10-22(11-4-18)42(30,37)38/h3-12,15,23,31H,13-14,16-17H2,1-2H3,(H2,30,37,38). The molecule has 0 saturated carbocycles. The van der Waals surface area contributed by atoms with E-state index in [1.165, 1.54) is 62.8 Å². The Morgan fingerprint density at radius 2 is 1.57 bits per heavy atom. The summed E-state index contributed by atoms with van der Waals surface area (Å²) in [6.45, 7) is -0.123. The molecule has 42 heavy (non-hydrogen) atoms. The zero-order valence-electron chi connectivity index (χ0n) is 22.9. The fourth-order valence-corrected chi connectivity index (χ4v) is 4.87. The van der Waals surface area contributed by atoms with Crippen LogP contribution in [0.4, 0.5) is 5.69 Å². The SMILES string of the molecule is COc1ccc(C(=O)COC(=O)c2ccc(N3C(=O)CC(NCCc4ccc(S(N)(=O)=O)cc4)C3=O)cc2)cc1OC. The molecule has 220 valence electrons. The fourth-order valence-electron chi connectivity index (χ4n) is 4.35. The summed E-state index contributed by atoms with van der Waals surface area (Å²) in [7, 11) is -0.859. The molecule has 0 bridgehead atoms. The minimum absolute atomic E-state index is 0.00814. The van der Waals surface area contributed by atoms with Crippen LogP contribution in [0.3, 0.4) is 0 Å². The lowest BCUT2D eigenvalue weighted by atomic mass is 10.1. The summed E-state index contributed by atoms with van der Waals surface area (Å²) >= 11 is 0. The molecule has 0 radical (unpaired) electrons. The number of esters is 1. The Morgan fingerprint density at radius 3 is 2.19 bits per heavy atom. The van der Waals surface area contributed by atoms with Crippen LogP contribution < -0.4 is 24.8 Å². The van der Waals surface area contributed by atoms with Gasteiger partial charge >= 0.3 is 5.97 Å². The second kappa shape index (κ2) is 12.9. The number of nitrogens with one attached hydrogen (secondary N) is 1. The van der Waals surface area contributed by atoms with E-state index < -0.39 is 46.2 Å². The summed E-state index contributed by atoms with van der Waals surface area (Å²) < 4.78 is 38.3. The van der Waals surface area contributed by atoms with Crippen molar-refractivity contribution in [3.8, 4) is 11.5 Å². The predicted molar refractivity (Wildman–Crippen MR) is 151 cm³/mol. The highest BCUT2D eigenvalue weighted by atomic mass is 32.2. The zero-order chi connectivity index (χ0) is 30.4. The maximum Gasteiger partial charge on any atom is 0.338 e. The lowest BCUT2D eigenvalue weighted by Gasteiger charge is -2.16. The second-order valence-corrected chi connectivity index (χ2v) is 10.9. The molecule has 2 amide bonds. The van der Waals surface area contributed by atoms with E-state index in [0.29, 0.717) is 30.2 Å². The summed E-state index contributed by atoms with van der Waals surface area (Å²) in [6, 6.07) is 15.7. The van der Waals surface area contributed by atoms with Gasteiger partial charge in [-0.2, -0.15) is 0 Å². The Hall–Kier alpha value is -4.59. The van der Waals surface area contributed by atoms with Gasteiger partial charge in [0.1, 0.15) is 0 Å². The van der Waals surface area contributed by atoms with Gasteiger partial charge in [0.05, 0.1) is 42.8 Å². The first kappa shape index (κ1) is 30.4. The van der Waals surface area contributed by atoms with Crippen LogP contribution in [0.1, 0.15) is 32.7 Å². The monoisotopic (exact) mass is 595 g/mol. The first-order valence-corrected chi connectivity index (χ1v) is 14.3. The normalized spacial score (nSPS) is 15.0. The van der Waals surface area contributed by atoms with Crippen molar-refractivity contribution in [2.24, 2.45) is 5.14 Å². The van der Waals surface area contributed by atoms with Crippen LogP contribution in [0, 0.1) is 0 Å². The third-order valence-corrected chi connectivity index (χ3v) is 7.53. The molecule has 12 nitrogen and oxygen atoms in total. The molecule has 1 atom stereocenters. The van der Waals surface area contributed by atoms with Crippen molar-refractivity contribution in [3.05, 3.63) is 83.4 Å². The first-order chi connectivity index (χ1) is 20.0. The Bertz CT molecular complexity index is 1600. The molecule has 1 aliphatic heterocycles. The maximum atomic E-state index is 12.9. The molecule has 1 aliphatic rings. The van der Waals surface area contributed by atoms with Crippen molar-refractivity contribution in [1.82, 2.24) is 5.32 Å². The lowest BCUT2D eigenvalue weighted by molar-refractivity contribution is -0.121. The van der Waals surface area contributed by atoms with Crippen molar-refractivity contribution in [2.45, 2.75) is 23.8 Å². The van der Waals surface area contributed by atoms with Gasteiger partial charge in [-0.15, -0.1) is 0 Å². The molecule has 3 aromatic rings. The van der Waals surface area contributed by atoms with Gasteiger partial charge < -0.3 is 19.5 Å². The number of methoxy groups -OCH3 is 2. The van der Waals surface area contributed by atoms with Gasteiger partial charge in [-0.05, 0) is 73.1 Å². The van der Waals surface area contributed by atoms with Crippen LogP contribution in [0.5, 0.6) is 11.5 Å². The van der Waals surface area contributed by atoms with Gasteiger partial charge in [-0.3, -0.25) is 14.4 Å². The number of hydrogen-bond donors (Lipinski definition) is 2. The maximum absolute atomic E-state index is 12.9. The number of primary sulfonamides is 1. The van der Waals surface area contributed by atoms with E-state index >= 15 is 0 Å². The van der Waals surface area contributed by atoms with Crippen molar-refractivity contribution >= 4 is 39.3 Å². The van der Waals surface area contributed by atoms with Crippen LogP contribution in [0.25, 0.3) is 0 Å². The number of ether oxygens (including phenoxy) is 3. The van der Waals surface area contributed by atoms with Gasteiger partial charge in [-0.25, -0.2) is 23.3 Å². The first-order valence-electron chi connectivity index (χ1n) is 12.8. The molecule has 3 aromatic carbocycles. The Balaban J connectivity index is 1.30. The molecule has 0 aromatic heterocycles. The molecular weight excluding hydrogens is 566 g/mol. The third kappa shape index (κ3) is 7.00. The number of nitrogens with two attached hydrogens (primary N) is 1. The number of ketones is 1. The van der Waals surface area contributed by atoms with E-state index in [9.17, 15) is 27.6 Å². The number of carbonyl (C=O) groups excluding carboxylic acids is 4. The zero-order valence-corrected chi connectivity index (χ0v) is 23.7. The van der Waals surface area contributed by atoms with Crippen LogP contribution >= 0.6 is 0 Å². The number of sulfonamides is 1. The van der Waals surface area contributed by atoms with E-state index in [1.54, 1.807) is 18.2 Å². The Labute approximate surface area is 242 Å². The average Bonchev–Trinajstić information content (AvgIpc) is 3.27. The third-order valence-electron chi connectivity index (χ3n) is 6.60. The summed E-state index contributed by atoms with van der Waals surface area (Å²) in [5, 5.41) is 8.17. The molecular formula is C29H29N3O9S. The highest BCUT2D eigenvalue weighted by molar-refractivity contribution is 7.89. The molecule has 0 aliphatic carbocycles. The van der Waals surface area contributed by atoms with Gasteiger partial charge in [0.25, 0.3) is 5.91 Å². The van der Waals surface area contributed by atoms with Gasteiger partial charge in [0.2, 0.25) is 15.9 Å². The van der Waals surface area contributed by atoms with E-state index in [0.717, 1.165) is 10.5 Å². The molecule has 3 N–H and O–H groups in total. The van der Waals surface area contributed by atoms with Crippen LogP contribution in [-0.4, -0.2) is 65.4 Å². The number of hydrogen-bond acceptors (Lipinski definition) is 10. The van der Waals surface area contributed by atoms with Crippen LogP contribution in [-0.2, 0) is 30.8 Å². The Morgan fingerprint density at radius 1 is 0.929 bits per heavy atom. The smallest absolute Gasteiger partial charge is 0.338 e. The number of anilines is 1. The molecule has 4 rings (SSSR count). The van der Waals surface area contributed by atoms with Crippen molar-refractivity contribution in [1.29, 1.82) is 0 Å². The van der Waals surface area contributed by atoms with Crippen LogP contribution in [0.2, 0.25) is 0 Å². The summed E-state index contributed by atoms with van der Waals surface area (Å²) in [4.78, 5) is 51.6. The topological polar surface area (TPSA) is 171 Å². The summed E-state index contributed by atoms with van der Waals surface area (Å²) in [5.41, 5.74) is 1.55. The number of Topliss-reactive ketones (excluding diaryl/α,β-unsaturated/α-hetero) is 1. The fraction of sp³-hybridized carbons (Fsp3) is 0.241. The number of rotatable bonds is 12. The predicted octanol–water partition coefficient (Wildman–Crippen LogP) is 1.86. The minimum atomic E-state index is -3.78.